The fraction of sp³-hybridized carbons (Fsp3) is 0.150. The number of aromatic nitrogens is 2. The third-order valence-electron chi connectivity index (χ3n) is 4.15. The van der Waals surface area contributed by atoms with Crippen molar-refractivity contribution < 1.29 is 4.79 Å². The van der Waals surface area contributed by atoms with E-state index in [2.05, 4.69) is 28.2 Å². The molecule has 0 bridgehead atoms. The number of carbonyl (C=O) groups excluding carboxylic acids is 1. The Bertz CT molecular complexity index is 890. The van der Waals surface area contributed by atoms with Crippen LogP contribution in [0.2, 0.25) is 0 Å². The van der Waals surface area contributed by atoms with E-state index in [1.54, 1.807) is 30.2 Å². The van der Waals surface area contributed by atoms with E-state index in [1.807, 2.05) is 41.3 Å². The molecule has 130 valence electrons. The third kappa shape index (κ3) is 3.61. The van der Waals surface area contributed by atoms with Gasteiger partial charge in [0.15, 0.2) is 5.16 Å². The molecule has 1 aliphatic rings. The summed E-state index contributed by atoms with van der Waals surface area (Å²) in [6.07, 6.45) is 3.39. The number of para-hydroxylation sites is 1. The summed E-state index contributed by atoms with van der Waals surface area (Å²) in [5, 5.41) is 0.622. The van der Waals surface area contributed by atoms with E-state index in [1.165, 1.54) is 11.8 Å². The summed E-state index contributed by atoms with van der Waals surface area (Å²) in [5.41, 5.74) is 2.14. The molecule has 3 aromatic rings. The van der Waals surface area contributed by atoms with Crippen LogP contribution in [0, 0.1) is 0 Å². The Kier molecular flexibility index (Phi) is 5.22. The zero-order valence-corrected chi connectivity index (χ0v) is 15.6. The Balaban J connectivity index is 1.63. The van der Waals surface area contributed by atoms with Crippen molar-refractivity contribution >= 4 is 35.1 Å². The second kappa shape index (κ2) is 7.93. The minimum absolute atomic E-state index is 0.0286. The number of thioether (sulfide) groups is 2. The summed E-state index contributed by atoms with van der Waals surface area (Å²) in [6, 6.07) is 20.1. The van der Waals surface area contributed by atoms with Gasteiger partial charge in [0.2, 0.25) is 5.91 Å². The van der Waals surface area contributed by atoms with E-state index in [-0.39, 0.29) is 11.9 Å². The van der Waals surface area contributed by atoms with Gasteiger partial charge in [0, 0.05) is 23.0 Å². The Labute approximate surface area is 161 Å². The first-order chi connectivity index (χ1) is 12.8. The van der Waals surface area contributed by atoms with Gasteiger partial charge in [-0.3, -0.25) is 4.79 Å². The number of amides is 1. The minimum atomic E-state index is 0.0286. The van der Waals surface area contributed by atoms with Crippen LogP contribution in [0.3, 0.4) is 0 Å². The van der Waals surface area contributed by atoms with Gasteiger partial charge in [0.1, 0.15) is 0 Å². The van der Waals surface area contributed by atoms with Gasteiger partial charge in [-0.05, 0) is 23.8 Å². The number of nitrogens with zero attached hydrogens (tertiary/aromatic N) is 3. The third-order valence-corrected chi connectivity index (χ3v) is 6.15. The maximum absolute atomic E-state index is 13.2. The Morgan fingerprint density at radius 3 is 2.58 bits per heavy atom. The van der Waals surface area contributed by atoms with Crippen LogP contribution >= 0.6 is 23.5 Å². The second-order valence-electron chi connectivity index (χ2n) is 5.79. The maximum Gasteiger partial charge on any atom is 0.238 e. The summed E-state index contributed by atoms with van der Waals surface area (Å²) in [5.74, 6) is 1.23. The molecule has 0 fully saturated rings. The molecule has 0 N–H and O–H groups in total. The highest BCUT2D eigenvalue weighted by atomic mass is 32.2. The van der Waals surface area contributed by atoms with Crippen molar-refractivity contribution in [2.45, 2.75) is 16.1 Å². The van der Waals surface area contributed by atoms with E-state index >= 15 is 0 Å². The number of hydrogen-bond donors (Lipinski definition) is 0. The molecule has 1 aromatic heterocycles. The monoisotopic (exact) mass is 379 g/mol. The molecule has 0 aliphatic carbocycles. The zero-order valence-electron chi connectivity index (χ0n) is 14.0. The number of anilines is 1. The van der Waals surface area contributed by atoms with Crippen molar-refractivity contribution in [3.05, 3.63) is 78.6 Å². The van der Waals surface area contributed by atoms with Crippen LogP contribution in [0.25, 0.3) is 0 Å². The summed E-state index contributed by atoms with van der Waals surface area (Å²) < 4.78 is 0. The molecule has 0 spiro atoms. The highest BCUT2D eigenvalue weighted by Gasteiger charge is 2.32. The molecule has 2 heterocycles. The zero-order chi connectivity index (χ0) is 17.8. The number of rotatable bonds is 4. The number of carbonyl (C=O) groups is 1. The SMILES string of the molecule is O=C(CSc1ncccn1)N1c2ccccc2SC[C@@H]1c1ccccc1. The van der Waals surface area contributed by atoms with Gasteiger partial charge in [-0.1, -0.05) is 54.2 Å². The Morgan fingerprint density at radius 2 is 1.77 bits per heavy atom. The van der Waals surface area contributed by atoms with Crippen LogP contribution in [0.4, 0.5) is 5.69 Å². The number of fused-ring (bicyclic) bond motifs is 1. The van der Waals surface area contributed by atoms with E-state index in [0.29, 0.717) is 10.9 Å². The molecule has 4 rings (SSSR count). The Morgan fingerprint density at radius 1 is 1.04 bits per heavy atom. The molecule has 0 unspecified atom stereocenters. The first-order valence-electron chi connectivity index (χ1n) is 8.31. The van der Waals surface area contributed by atoms with E-state index in [9.17, 15) is 4.79 Å². The van der Waals surface area contributed by atoms with Gasteiger partial charge in [-0.15, -0.1) is 11.8 Å². The fourth-order valence-corrected chi connectivity index (χ4v) is 4.80. The average Bonchev–Trinajstić information content (AvgIpc) is 2.72. The molecular weight excluding hydrogens is 362 g/mol. The van der Waals surface area contributed by atoms with Crippen molar-refractivity contribution in [3.8, 4) is 0 Å². The molecule has 0 radical (unpaired) electrons. The first-order valence-corrected chi connectivity index (χ1v) is 10.3. The molecule has 26 heavy (non-hydrogen) atoms. The van der Waals surface area contributed by atoms with Crippen molar-refractivity contribution in [3.63, 3.8) is 0 Å². The van der Waals surface area contributed by atoms with Gasteiger partial charge in [0.05, 0.1) is 17.5 Å². The van der Waals surface area contributed by atoms with E-state index < -0.39 is 0 Å². The van der Waals surface area contributed by atoms with E-state index in [4.69, 9.17) is 0 Å². The van der Waals surface area contributed by atoms with Crippen LogP contribution in [0.5, 0.6) is 0 Å². The average molecular weight is 380 g/mol. The summed E-state index contributed by atoms with van der Waals surface area (Å²) in [6.45, 7) is 0. The lowest BCUT2D eigenvalue weighted by atomic mass is 10.1. The molecule has 1 atom stereocenters. The van der Waals surface area contributed by atoms with Crippen molar-refractivity contribution in [2.75, 3.05) is 16.4 Å². The fourth-order valence-electron chi connectivity index (χ4n) is 2.97. The normalized spacial score (nSPS) is 16.2. The highest BCUT2D eigenvalue weighted by Crippen LogP contribution is 2.43. The summed E-state index contributed by atoms with van der Waals surface area (Å²) >= 11 is 3.18. The predicted molar refractivity (Wildman–Crippen MR) is 107 cm³/mol. The van der Waals surface area contributed by atoms with Crippen LogP contribution in [-0.2, 0) is 4.79 Å². The smallest absolute Gasteiger partial charge is 0.238 e. The van der Waals surface area contributed by atoms with Crippen LogP contribution in [0.15, 0.2) is 83.1 Å². The van der Waals surface area contributed by atoms with Gasteiger partial charge in [0.25, 0.3) is 0 Å². The van der Waals surface area contributed by atoms with Gasteiger partial charge >= 0.3 is 0 Å². The van der Waals surface area contributed by atoms with Crippen molar-refractivity contribution in [2.24, 2.45) is 0 Å². The van der Waals surface area contributed by atoms with Crippen molar-refractivity contribution in [1.29, 1.82) is 0 Å². The lowest BCUT2D eigenvalue weighted by Crippen LogP contribution is -2.39. The molecule has 0 saturated carbocycles. The molecule has 0 saturated heterocycles. The molecule has 2 aromatic carbocycles. The molecule has 6 heteroatoms. The van der Waals surface area contributed by atoms with Crippen molar-refractivity contribution in [1.82, 2.24) is 9.97 Å². The van der Waals surface area contributed by atoms with Crippen LogP contribution < -0.4 is 4.90 Å². The minimum Gasteiger partial charge on any atom is -0.302 e. The number of hydrogen-bond acceptors (Lipinski definition) is 5. The van der Waals surface area contributed by atoms with Gasteiger partial charge in [-0.25, -0.2) is 9.97 Å². The lowest BCUT2D eigenvalue weighted by molar-refractivity contribution is -0.116. The van der Waals surface area contributed by atoms with E-state index in [0.717, 1.165) is 21.9 Å². The lowest BCUT2D eigenvalue weighted by Gasteiger charge is -2.37. The summed E-state index contributed by atoms with van der Waals surface area (Å²) in [4.78, 5) is 24.6. The second-order valence-corrected chi connectivity index (χ2v) is 7.79. The van der Waals surface area contributed by atoms with Crippen LogP contribution in [-0.4, -0.2) is 27.4 Å². The standard InChI is InChI=1S/C20H17N3OS2/c24-19(14-26-20-21-11-6-12-22-20)23-16-9-4-5-10-18(16)25-13-17(23)15-7-2-1-3-8-15/h1-12,17H,13-14H2/t17-/m1/s1. The van der Waals surface area contributed by atoms with Crippen LogP contribution in [0.1, 0.15) is 11.6 Å². The molecule has 1 amide bonds. The quantitative estimate of drug-likeness (QED) is 0.495. The highest BCUT2D eigenvalue weighted by molar-refractivity contribution is 8.00. The largest absolute Gasteiger partial charge is 0.302 e. The Hall–Kier alpha value is -2.31. The topological polar surface area (TPSA) is 46.1 Å². The predicted octanol–water partition coefficient (Wildman–Crippen LogP) is 4.45. The van der Waals surface area contributed by atoms with Gasteiger partial charge in [-0.2, -0.15) is 0 Å². The molecule has 1 aliphatic heterocycles. The summed E-state index contributed by atoms with van der Waals surface area (Å²) in [7, 11) is 0. The molecular formula is C20H17N3OS2. The molecule has 4 nitrogen and oxygen atoms in total. The number of benzene rings is 2. The maximum atomic E-state index is 13.2. The first kappa shape index (κ1) is 17.1. The van der Waals surface area contributed by atoms with Gasteiger partial charge < -0.3 is 4.90 Å².